The highest BCUT2D eigenvalue weighted by Crippen LogP contribution is 2.60. The number of anilines is 1. The molecule has 2 aromatic rings. The number of carbonyl (C=O) groups excluding carboxylic acids is 1. The molecule has 2 saturated heterocycles. The average Bonchev–Trinajstić information content (AvgIpc) is 3.00. The quantitative estimate of drug-likeness (QED) is 0.859. The molecule has 1 amide bonds. The lowest BCUT2D eigenvalue weighted by atomic mass is 9.89. The van der Waals surface area contributed by atoms with Gasteiger partial charge in [0.25, 0.3) is 0 Å². The van der Waals surface area contributed by atoms with Gasteiger partial charge in [0.2, 0.25) is 5.91 Å². The predicted octanol–water partition coefficient (Wildman–Crippen LogP) is 4.15. The highest BCUT2D eigenvalue weighted by atomic mass is 32.2. The maximum atomic E-state index is 12.8. The molecule has 3 heterocycles. The van der Waals surface area contributed by atoms with E-state index in [4.69, 9.17) is 0 Å². The van der Waals surface area contributed by atoms with Crippen LogP contribution in [0.4, 0.5) is 5.69 Å². The van der Waals surface area contributed by atoms with Crippen molar-refractivity contribution in [3.8, 4) is 0 Å². The highest BCUT2D eigenvalue weighted by Gasteiger charge is 2.58. The van der Waals surface area contributed by atoms with Gasteiger partial charge in [0.05, 0.1) is 15.2 Å². The van der Waals surface area contributed by atoms with Crippen molar-refractivity contribution in [2.75, 3.05) is 29.9 Å². The number of nitrogens with zero attached hydrogens (tertiary/aromatic N) is 2. The first-order valence-electron chi connectivity index (χ1n) is 9.63. The average molecular weight is 388 g/mol. The maximum absolute atomic E-state index is 12.8. The fraction of sp³-hybridized carbons (Fsp3) is 0.600. The number of hydrogen-bond acceptors (Lipinski definition) is 5. The molecule has 4 nitrogen and oxygen atoms in total. The summed E-state index contributed by atoms with van der Waals surface area (Å²) in [5.74, 6) is 3.03. The molecule has 1 aromatic carbocycles. The van der Waals surface area contributed by atoms with Gasteiger partial charge in [-0.3, -0.25) is 9.69 Å². The van der Waals surface area contributed by atoms with Crippen molar-refractivity contribution in [2.24, 2.45) is 11.3 Å². The number of aryl methyl sites for hydroxylation is 1. The third-order valence-electron chi connectivity index (χ3n) is 6.48. The molecule has 0 bridgehead atoms. The molecule has 1 aliphatic carbocycles. The largest absolute Gasteiger partial charge is 0.326 e. The van der Waals surface area contributed by atoms with Crippen LogP contribution in [0.3, 0.4) is 0 Å². The smallest absolute Gasteiger partial charge is 0.228 e. The van der Waals surface area contributed by atoms with Crippen molar-refractivity contribution >= 4 is 44.9 Å². The number of carbonyl (C=O) groups is 1. The minimum absolute atomic E-state index is 0.204. The van der Waals surface area contributed by atoms with E-state index < -0.39 is 0 Å². The van der Waals surface area contributed by atoms with Crippen LogP contribution in [0.2, 0.25) is 0 Å². The third kappa shape index (κ3) is 3.06. The molecular formula is C20H25N3OS2. The van der Waals surface area contributed by atoms with Crippen LogP contribution in [0.1, 0.15) is 30.7 Å². The Labute approximate surface area is 162 Å². The minimum atomic E-state index is 0.204. The van der Waals surface area contributed by atoms with E-state index >= 15 is 0 Å². The van der Waals surface area contributed by atoms with Gasteiger partial charge in [-0.15, -0.1) is 11.3 Å². The van der Waals surface area contributed by atoms with Gasteiger partial charge in [-0.1, -0.05) is 0 Å². The zero-order valence-electron chi connectivity index (χ0n) is 15.2. The van der Waals surface area contributed by atoms with Crippen molar-refractivity contribution in [3.63, 3.8) is 0 Å². The Kier molecular flexibility index (Phi) is 4.25. The van der Waals surface area contributed by atoms with Crippen molar-refractivity contribution in [1.29, 1.82) is 0 Å². The van der Waals surface area contributed by atoms with Crippen LogP contribution in [-0.2, 0) is 4.79 Å². The SMILES string of the molecule is Cc1nc2cc(NC(=O)[C@@H]3CC34CCN([C@@H]3CCSC3)CC4)ccc2s1. The Hall–Kier alpha value is -1.11. The summed E-state index contributed by atoms with van der Waals surface area (Å²) in [6, 6.07) is 6.87. The van der Waals surface area contributed by atoms with E-state index in [1.165, 1.54) is 48.6 Å². The summed E-state index contributed by atoms with van der Waals surface area (Å²) < 4.78 is 1.18. The van der Waals surface area contributed by atoms with Crippen LogP contribution in [0.5, 0.6) is 0 Å². The molecule has 2 aliphatic heterocycles. The summed E-state index contributed by atoms with van der Waals surface area (Å²) >= 11 is 3.79. The molecule has 138 valence electrons. The van der Waals surface area contributed by atoms with Crippen LogP contribution in [-0.4, -0.2) is 46.4 Å². The number of likely N-dealkylation sites (tertiary alicyclic amines) is 1. The fourth-order valence-corrected chi connectivity index (χ4v) is 6.83. The van der Waals surface area contributed by atoms with Gasteiger partial charge in [-0.2, -0.15) is 11.8 Å². The number of rotatable bonds is 3. The number of thioether (sulfide) groups is 1. The first kappa shape index (κ1) is 17.0. The summed E-state index contributed by atoms with van der Waals surface area (Å²) in [7, 11) is 0. The van der Waals surface area contributed by atoms with Gasteiger partial charge in [0.1, 0.15) is 0 Å². The molecule has 1 spiro atoms. The van der Waals surface area contributed by atoms with Crippen LogP contribution < -0.4 is 5.32 Å². The topological polar surface area (TPSA) is 45.2 Å². The van der Waals surface area contributed by atoms with Gasteiger partial charge >= 0.3 is 0 Å². The lowest BCUT2D eigenvalue weighted by Gasteiger charge is -2.36. The molecule has 6 heteroatoms. The van der Waals surface area contributed by atoms with Crippen molar-refractivity contribution < 1.29 is 4.79 Å². The molecule has 0 radical (unpaired) electrons. The molecule has 5 rings (SSSR count). The normalized spacial score (nSPS) is 27.9. The number of thiazole rings is 1. The van der Waals surface area contributed by atoms with Gasteiger partial charge in [0.15, 0.2) is 0 Å². The van der Waals surface area contributed by atoms with E-state index in [1.807, 2.05) is 19.1 Å². The van der Waals surface area contributed by atoms with E-state index in [0.717, 1.165) is 28.7 Å². The number of fused-ring (bicyclic) bond motifs is 1. The number of amides is 1. The first-order valence-corrected chi connectivity index (χ1v) is 11.6. The monoisotopic (exact) mass is 387 g/mol. The fourth-order valence-electron chi connectivity index (χ4n) is 4.77. The van der Waals surface area contributed by atoms with Crippen LogP contribution >= 0.6 is 23.1 Å². The molecule has 0 unspecified atom stereocenters. The predicted molar refractivity (Wildman–Crippen MR) is 110 cm³/mol. The van der Waals surface area contributed by atoms with Gasteiger partial charge < -0.3 is 5.32 Å². The van der Waals surface area contributed by atoms with Crippen LogP contribution in [0.25, 0.3) is 10.2 Å². The molecule has 26 heavy (non-hydrogen) atoms. The van der Waals surface area contributed by atoms with Crippen LogP contribution in [0.15, 0.2) is 18.2 Å². The number of hydrogen-bond donors (Lipinski definition) is 1. The third-order valence-corrected chi connectivity index (χ3v) is 8.58. The molecule has 1 saturated carbocycles. The highest BCUT2D eigenvalue weighted by molar-refractivity contribution is 7.99. The maximum Gasteiger partial charge on any atom is 0.228 e. The second-order valence-electron chi connectivity index (χ2n) is 8.08. The number of benzene rings is 1. The second-order valence-corrected chi connectivity index (χ2v) is 10.5. The van der Waals surface area contributed by atoms with E-state index in [2.05, 4.69) is 33.0 Å². The van der Waals surface area contributed by atoms with Gasteiger partial charge in [-0.05, 0) is 75.1 Å². The molecular weight excluding hydrogens is 362 g/mol. The Morgan fingerprint density at radius 2 is 2.19 bits per heavy atom. The Morgan fingerprint density at radius 1 is 1.35 bits per heavy atom. The van der Waals surface area contributed by atoms with E-state index in [0.29, 0.717) is 0 Å². The van der Waals surface area contributed by atoms with Crippen molar-refractivity contribution in [2.45, 2.75) is 38.6 Å². The standard InChI is InChI=1S/C20H25N3OS2/c1-13-21-17-10-14(2-3-18(17)26-13)22-19(24)16-11-20(16)5-7-23(8-6-20)15-4-9-25-12-15/h2-3,10,15-16H,4-9,11-12H2,1H3,(H,22,24)/t15-,16+/m1/s1. The summed E-state index contributed by atoms with van der Waals surface area (Å²) in [6.45, 7) is 4.38. The molecule has 3 fully saturated rings. The Morgan fingerprint density at radius 3 is 2.96 bits per heavy atom. The lowest BCUT2D eigenvalue weighted by Crippen LogP contribution is -2.42. The Bertz CT molecular complexity index is 835. The van der Waals surface area contributed by atoms with Gasteiger partial charge in [0, 0.05) is 23.4 Å². The molecule has 1 aromatic heterocycles. The summed E-state index contributed by atoms with van der Waals surface area (Å²) in [5, 5.41) is 4.22. The van der Waals surface area contributed by atoms with Crippen LogP contribution in [0, 0.1) is 18.3 Å². The summed E-state index contributed by atoms with van der Waals surface area (Å²) in [6.07, 6.45) is 4.80. The molecule has 1 N–H and O–H groups in total. The number of nitrogens with one attached hydrogen (secondary N) is 1. The number of piperidine rings is 1. The first-order chi connectivity index (χ1) is 12.6. The van der Waals surface area contributed by atoms with Gasteiger partial charge in [-0.25, -0.2) is 4.98 Å². The van der Waals surface area contributed by atoms with Crippen molar-refractivity contribution in [3.05, 3.63) is 23.2 Å². The summed E-state index contributed by atoms with van der Waals surface area (Å²) in [4.78, 5) is 20.0. The van der Waals surface area contributed by atoms with E-state index in [-0.39, 0.29) is 17.2 Å². The van der Waals surface area contributed by atoms with E-state index in [1.54, 1.807) is 11.3 Å². The van der Waals surface area contributed by atoms with Crippen molar-refractivity contribution in [1.82, 2.24) is 9.88 Å². The second kappa shape index (κ2) is 6.50. The lowest BCUT2D eigenvalue weighted by molar-refractivity contribution is -0.118. The zero-order chi connectivity index (χ0) is 17.7. The summed E-state index contributed by atoms with van der Waals surface area (Å²) in [5.41, 5.74) is 2.15. The van der Waals surface area contributed by atoms with E-state index in [9.17, 15) is 4.79 Å². The molecule has 3 aliphatic rings. The Balaban J connectivity index is 1.20. The molecule has 2 atom stereocenters. The number of aromatic nitrogens is 1. The zero-order valence-corrected chi connectivity index (χ0v) is 16.8. The minimum Gasteiger partial charge on any atom is -0.326 e.